The van der Waals surface area contributed by atoms with Gasteiger partial charge in [-0.25, -0.2) is 13.1 Å². The Morgan fingerprint density at radius 3 is 2.23 bits per heavy atom. The number of amides is 1. The second-order valence-corrected chi connectivity index (χ2v) is 7.42. The molecule has 0 spiro atoms. The van der Waals surface area contributed by atoms with Gasteiger partial charge < -0.3 is 10.1 Å². The van der Waals surface area contributed by atoms with Crippen molar-refractivity contribution in [3.63, 3.8) is 0 Å². The number of rotatable bonds is 9. The molecule has 2 aromatic rings. The average Bonchev–Trinajstić information content (AvgIpc) is 2.62. The molecule has 0 radical (unpaired) electrons. The van der Waals surface area contributed by atoms with Gasteiger partial charge in [-0.1, -0.05) is 19.1 Å². The van der Waals surface area contributed by atoms with Crippen LogP contribution in [0.1, 0.15) is 25.8 Å². The van der Waals surface area contributed by atoms with E-state index in [1.54, 1.807) is 43.3 Å². The molecule has 0 fully saturated rings. The monoisotopic (exact) mass is 376 g/mol. The maximum Gasteiger partial charge on any atom is 0.240 e. The Labute approximate surface area is 154 Å². The van der Waals surface area contributed by atoms with Gasteiger partial charge in [0.1, 0.15) is 5.75 Å². The molecule has 0 aliphatic rings. The van der Waals surface area contributed by atoms with E-state index in [-0.39, 0.29) is 10.8 Å². The van der Waals surface area contributed by atoms with E-state index >= 15 is 0 Å². The molecule has 0 aliphatic carbocycles. The summed E-state index contributed by atoms with van der Waals surface area (Å²) in [6.07, 6.45) is 0.844. The first-order valence-electron chi connectivity index (χ1n) is 8.56. The van der Waals surface area contributed by atoms with E-state index in [2.05, 4.69) is 10.0 Å². The molecule has 2 rings (SSSR count). The van der Waals surface area contributed by atoms with Gasteiger partial charge in [0.25, 0.3) is 0 Å². The van der Waals surface area contributed by atoms with Crippen LogP contribution in [0.25, 0.3) is 0 Å². The number of carbonyl (C=O) groups excluding carboxylic acids is 1. The molecule has 2 N–H and O–H groups in total. The molecule has 26 heavy (non-hydrogen) atoms. The van der Waals surface area contributed by atoms with E-state index in [0.29, 0.717) is 31.7 Å². The first-order chi connectivity index (χ1) is 12.4. The van der Waals surface area contributed by atoms with E-state index in [9.17, 15) is 13.2 Å². The molecule has 0 aliphatic heterocycles. The van der Waals surface area contributed by atoms with Crippen LogP contribution in [0, 0.1) is 0 Å². The summed E-state index contributed by atoms with van der Waals surface area (Å²) < 4.78 is 31.6. The maximum atomic E-state index is 12.1. The smallest absolute Gasteiger partial charge is 0.240 e. The Morgan fingerprint density at radius 1 is 1.00 bits per heavy atom. The number of anilines is 1. The van der Waals surface area contributed by atoms with Crippen molar-refractivity contribution in [1.82, 2.24) is 4.72 Å². The number of nitrogens with one attached hydrogen (secondary N) is 2. The highest BCUT2D eigenvalue weighted by Gasteiger charge is 2.12. The Kier molecular flexibility index (Phi) is 7.17. The van der Waals surface area contributed by atoms with Crippen LogP contribution in [-0.2, 0) is 21.2 Å². The van der Waals surface area contributed by atoms with Crippen molar-refractivity contribution in [3.8, 4) is 5.75 Å². The number of hydrogen-bond acceptors (Lipinski definition) is 4. The zero-order valence-corrected chi connectivity index (χ0v) is 15.8. The van der Waals surface area contributed by atoms with Crippen LogP contribution < -0.4 is 14.8 Å². The Bertz CT molecular complexity index is 816. The van der Waals surface area contributed by atoms with Crippen molar-refractivity contribution < 1.29 is 17.9 Å². The van der Waals surface area contributed by atoms with Crippen molar-refractivity contribution in [1.29, 1.82) is 0 Å². The number of sulfonamides is 1. The minimum atomic E-state index is -3.45. The quantitative estimate of drug-likeness (QED) is 0.705. The fourth-order valence-corrected chi connectivity index (χ4v) is 3.43. The summed E-state index contributed by atoms with van der Waals surface area (Å²) >= 11 is 0. The first-order valence-corrected chi connectivity index (χ1v) is 10.0. The van der Waals surface area contributed by atoms with Gasteiger partial charge in [-0.15, -0.1) is 0 Å². The number of aryl methyl sites for hydroxylation is 1. The van der Waals surface area contributed by atoms with Crippen LogP contribution >= 0.6 is 0 Å². The van der Waals surface area contributed by atoms with Gasteiger partial charge in [0.05, 0.1) is 11.5 Å². The van der Waals surface area contributed by atoms with Gasteiger partial charge >= 0.3 is 0 Å². The molecule has 1 amide bonds. The van der Waals surface area contributed by atoms with Gasteiger partial charge in [-0.2, -0.15) is 0 Å². The highest BCUT2D eigenvalue weighted by molar-refractivity contribution is 7.89. The lowest BCUT2D eigenvalue weighted by Crippen LogP contribution is -2.23. The molecule has 2 aromatic carbocycles. The Morgan fingerprint density at radius 2 is 1.65 bits per heavy atom. The second-order valence-electron chi connectivity index (χ2n) is 5.65. The summed E-state index contributed by atoms with van der Waals surface area (Å²) in [5, 5.41) is 2.83. The lowest BCUT2D eigenvalue weighted by Gasteiger charge is -2.08. The minimum Gasteiger partial charge on any atom is -0.494 e. The van der Waals surface area contributed by atoms with Crippen molar-refractivity contribution in [2.45, 2.75) is 31.6 Å². The van der Waals surface area contributed by atoms with Crippen LogP contribution in [0.3, 0.4) is 0 Å². The summed E-state index contributed by atoms with van der Waals surface area (Å²) in [4.78, 5) is 12.3. The summed E-state index contributed by atoms with van der Waals surface area (Å²) in [6.45, 7) is 4.59. The normalized spacial score (nSPS) is 11.2. The third kappa shape index (κ3) is 5.86. The van der Waals surface area contributed by atoms with E-state index in [1.807, 2.05) is 19.1 Å². The molecule has 0 saturated carbocycles. The average molecular weight is 376 g/mol. The molecule has 0 unspecified atom stereocenters. The fourth-order valence-electron chi connectivity index (χ4n) is 2.39. The molecule has 0 atom stereocenters. The van der Waals surface area contributed by atoms with E-state index < -0.39 is 10.0 Å². The van der Waals surface area contributed by atoms with Gasteiger partial charge in [-0.3, -0.25) is 4.79 Å². The highest BCUT2D eigenvalue weighted by Crippen LogP contribution is 2.16. The molecule has 0 heterocycles. The fraction of sp³-hybridized carbons (Fsp3) is 0.316. The predicted molar refractivity (Wildman–Crippen MR) is 102 cm³/mol. The van der Waals surface area contributed by atoms with Crippen molar-refractivity contribution in [3.05, 3.63) is 54.1 Å². The highest BCUT2D eigenvalue weighted by atomic mass is 32.2. The molecule has 0 bridgehead atoms. The number of hydrogen-bond donors (Lipinski definition) is 2. The van der Waals surface area contributed by atoms with Crippen molar-refractivity contribution in [2.75, 3.05) is 18.5 Å². The third-order valence-corrected chi connectivity index (χ3v) is 5.22. The van der Waals surface area contributed by atoms with E-state index in [1.165, 1.54) is 0 Å². The SMILES string of the molecule is CCNS(=O)(=O)c1ccc(CCC(=O)Nc2ccc(OCC)cc2)cc1. The molecule has 0 saturated heterocycles. The molecule has 140 valence electrons. The number of carbonyl (C=O) groups is 1. The lowest BCUT2D eigenvalue weighted by molar-refractivity contribution is -0.116. The summed E-state index contributed by atoms with van der Waals surface area (Å²) in [5.74, 6) is 0.664. The van der Waals surface area contributed by atoms with Crippen molar-refractivity contribution >= 4 is 21.6 Å². The number of ether oxygens (including phenoxy) is 1. The molecular weight excluding hydrogens is 352 g/mol. The molecule has 0 aromatic heterocycles. The van der Waals surface area contributed by atoms with Gasteiger partial charge in [0.15, 0.2) is 0 Å². The van der Waals surface area contributed by atoms with E-state index in [4.69, 9.17) is 4.74 Å². The zero-order valence-electron chi connectivity index (χ0n) is 15.0. The largest absolute Gasteiger partial charge is 0.494 e. The Hall–Kier alpha value is -2.38. The molecule has 7 heteroatoms. The number of benzene rings is 2. The van der Waals surface area contributed by atoms with Crippen LogP contribution in [0.4, 0.5) is 5.69 Å². The van der Waals surface area contributed by atoms with Gasteiger partial charge in [0.2, 0.25) is 15.9 Å². The lowest BCUT2D eigenvalue weighted by atomic mass is 10.1. The van der Waals surface area contributed by atoms with Crippen molar-refractivity contribution in [2.24, 2.45) is 0 Å². The van der Waals surface area contributed by atoms with Crippen LogP contribution in [-0.4, -0.2) is 27.5 Å². The summed E-state index contributed by atoms with van der Waals surface area (Å²) in [7, 11) is -3.45. The molecular formula is C19H24N2O4S. The maximum absolute atomic E-state index is 12.1. The first kappa shape index (κ1) is 19.9. The second kappa shape index (κ2) is 9.35. The topological polar surface area (TPSA) is 84.5 Å². The summed E-state index contributed by atoms with van der Waals surface area (Å²) in [6, 6.07) is 13.8. The van der Waals surface area contributed by atoms with Gasteiger partial charge in [0, 0.05) is 18.7 Å². The third-order valence-electron chi connectivity index (χ3n) is 3.66. The predicted octanol–water partition coefficient (Wildman–Crippen LogP) is 2.95. The Balaban J connectivity index is 1.87. The van der Waals surface area contributed by atoms with Gasteiger partial charge in [-0.05, 0) is 55.3 Å². The van der Waals surface area contributed by atoms with Crippen LogP contribution in [0.2, 0.25) is 0 Å². The van der Waals surface area contributed by atoms with Crippen LogP contribution in [0.15, 0.2) is 53.4 Å². The summed E-state index contributed by atoms with van der Waals surface area (Å²) in [5.41, 5.74) is 1.62. The van der Waals surface area contributed by atoms with E-state index in [0.717, 1.165) is 11.3 Å². The standard InChI is InChI=1S/C19H24N2O4S/c1-3-20-26(23,24)18-12-5-15(6-13-18)7-14-19(22)21-16-8-10-17(11-9-16)25-4-2/h5-6,8-13,20H,3-4,7,14H2,1-2H3,(H,21,22). The molecule has 6 nitrogen and oxygen atoms in total. The zero-order chi connectivity index (χ0) is 19.0. The van der Waals surface area contributed by atoms with Crippen LogP contribution in [0.5, 0.6) is 5.75 Å². The minimum absolute atomic E-state index is 0.0986.